The number of nitriles is 1. The number of thiazole rings is 1. The van der Waals surface area contributed by atoms with Crippen LogP contribution in [-0.2, 0) is 11.2 Å². The van der Waals surface area contributed by atoms with Crippen molar-refractivity contribution in [1.82, 2.24) is 15.6 Å². The van der Waals surface area contributed by atoms with E-state index in [2.05, 4.69) is 28.6 Å². The lowest BCUT2D eigenvalue weighted by molar-refractivity contribution is -0.124. The first-order chi connectivity index (χ1) is 14.0. The Labute approximate surface area is 173 Å². The molecule has 1 amide bonds. The van der Waals surface area contributed by atoms with Crippen LogP contribution in [0.15, 0.2) is 24.4 Å². The molecule has 0 radical (unpaired) electrons. The standard InChI is InChI=1S/C22H23FN4OS/c1-10-19-15-7-17(20(10)19)27-21(15)22(28)26-14(8-24)5-12-3-4-13(6-16(12)23)18-9-25-11(2)29-18/h3-4,6,9-10,14-15,17,19-21,27H,5,7H2,1-2H3,(H,26,28)/t10?,14-,15+,17-,19?,20?,21-/m0/s1. The Balaban J connectivity index is 1.25. The van der Waals surface area contributed by atoms with E-state index in [1.54, 1.807) is 12.3 Å². The molecule has 0 spiro atoms. The van der Waals surface area contributed by atoms with E-state index >= 15 is 0 Å². The fraction of sp³-hybridized carbons (Fsp3) is 0.500. The fourth-order valence-electron chi connectivity index (χ4n) is 5.58. The lowest BCUT2D eigenvalue weighted by Crippen LogP contribution is -2.51. The molecule has 2 aromatic rings. The average molecular weight is 411 g/mol. The Kier molecular flexibility index (Phi) is 4.45. The first kappa shape index (κ1) is 18.7. The van der Waals surface area contributed by atoms with Gasteiger partial charge in [0.05, 0.1) is 22.0 Å². The number of aromatic nitrogens is 1. The monoisotopic (exact) mass is 410 g/mol. The molecule has 1 saturated heterocycles. The topological polar surface area (TPSA) is 77.8 Å². The summed E-state index contributed by atoms with van der Waals surface area (Å²) < 4.78 is 14.6. The molecular weight excluding hydrogens is 387 g/mol. The molecule has 150 valence electrons. The van der Waals surface area contributed by atoms with Crippen LogP contribution >= 0.6 is 11.3 Å². The van der Waals surface area contributed by atoms with Crippen LogP contribution < -0.4 is 10.6 Å². The summed E-state index contributed by atoms with van der Waals surface area (Å²) in [7, 11) is 0. The number of piperidine rings is 1. The highest BCUT2D eigenvalue weighted by atomic mass is 32.1. The average Bonchev–Trinajstić information content (AvgIpc) is 3.10. The van der Waals surface area contributed by atoms with Crippen LogP contribution in [0.25, 0.3) is 10.4 Å². The van der Waals surface area contributed by atoms with Crippen LogP contribution in [0.3, 0.4) is 0 Å². The molecule has 5 nitrogen and oxygen atoms in total. The summed E-state index contributed by atoms with van der Waals surface area (Å²) >= 11 is 1.51. The molecule has 1 aliphatic heterocycles. The van der Waals surface area contributed by atoms with Crippen molar-refractivity contribution in [3.05, 3.63) is 40.8 Å². The van der Waals surface area contributed by atoms with Gasteiger partial charge in [-0.05, 0) is 54.2 Å². The van der Waals surface area contributed by atoms with E-state index in [1.807, 2.05) is 13.0 Å². The van der Waals surface area contributed by atoms with Crippen molar-refractivity contribution in [3.8, 4) is 16.5 Å². The van der Waals surface area contributed by atoms with Gasteiger partial charge in [0, 0.05) is 18.7 Å². The summed E-state index contributed by atoms with van der Waals surface area (Å²) in [5.41, 5.74) is 1.20. The lowest BCUT2D eigenvalue weighted by Gasteiger charge is -2.23. The second-order valence-corrected chi connectivity index (χ2v) is 9.84. The van der Waals surface area contributed by atoms with Gasteiger partial charge < -0.3 is 10.6 Å². The van der Waals surface area contributed by atoms with Gasteiger partial charge in [-0.2, -0.15) is 5.26 Å². The molecule has 2 N–H and O–H groups in total. The van der Waals surface area contributed by atoms with Gasteiger partial charge in [0.25, 0.3) is 0 Å². The van der Waals surface area contributed by atoms with E-state index in [1.165, 1.54) is 17.4 Å². The largest absolute Gasteiger partial charge is 0.339 e. The zero-order chi connectivity index (χ0) is 20.3. The van der Waals surface area contributed by atoms with Gasteiger partial charge in [-0.1, -0.05) is 19.1 Å². The molecule has 2 aliphatic carbocycles. The number of nitrogens with one attached hydrogen (secondary N) is 2. The Morgan fingerprint density at radius 2 is 2.31 bits per heavy atom. The summed E-state index contributed by atoms with van der Waals surface area (Å²) in [5.74, 6) is 1.96. The van der Waals surface area contributed by atoms with Crippen LogP contribution in [0.2, 0.25) is 0 Å². The molecule has 5 rings (SSSR count). The number of hydrogen-bond acceptors (Lipinski definition) is 5. The molecule has 1 aromatic carbocycles. The molecule has 3 aliphatic rings. The summed E-state index contributed by atoms with van der Waals surface area (Å²) in [4.78, 5) is 17.9. The lowest BCUT2D eigenvalue weighted by atomic mass is 9.94. The molecule has 2 bridgehead atoms. The SMILES string of the molecule is Cc1ncc(-c2ccc(C[C@@H](C#N)NC(=O)[C@H]3N[C@H]4C[C@@H]3C3C(C)C34)c(F)c2)s1. The third-order valence-corrected chi connectivity index (χ3v) is 7.92. The quantitative estimate of drug-likeness (QED) is 0.794. The third-order valence-electron chi connectivity index (χ3n) is 6.96. The molecule has 2 heterocycles. The zero-order valence-electron chi connectivity index (χ0n) is 16.4. The van der Waals surface area contributed by atoms with E-state index < -0.39 is 6.04 Å². The fourth-order valence-corrected chi connectivity index (χ4v) is 6.35. The van der Waals surface area contributed by atoms with Crippen molar-refractivity contribution >= 4 is 17.2 Å². The highest BCUT2D eigenvalue weighted by Gasteiger charge is 2.67. The number of fused-ring (bicyclic) bond motifs is 5. The number of nitrogens with zero attached hydrogens (tertiary/aromatic N) is 2. The molecule has 7 heteroatoms. The zero-order valence-corrected chi connectivity index (χ0v) is 17.2. The van der Waals surface area contributed by atoms with Gasteiger partial charge in [-0.15, -0.1) is 11.3 Å². The second kappa shape index (κ2) is 6.89. The molecular formula is C22H23FN4OS. The van der Waals surface area contributed by atoms with Gasteiger partial charge in [0.2, 0.25) is 5.91 Å². The first-order valence-corrected chi connectivity index (χ1v) is 10.9. The number of aryl methyl sites for hydroxylation is 1. The minimum Gasteiger partial charge on any atom is -0.339 e. The predicted octanol–water partition coefficient (Wildman–Crippen LogP) is 3.05. The minimum absolute atomic E-state index is 0.126. The molecule has 3 unspecified atom stereocenters. The summed E-state index contributed by atoms with van der Waals surface area (Å²) in [6.45, 7) is 4.17. The van der Waals surface area contributed by atoms with Crippen LogP contribution in [0.1, 0.15) is 23.9 Å². The van der Waals surface area contributed by atoms with E-state index in [0.29, 0.717) is 29.4 Å². The Hall–Kier alpha value is -2.30. The van der Waals surface area contributed by atoms with Crippen LogP contribution in [0, 0.1) is 47.7 Å². The number of carbonyl (C=O) groups is 1. The van der Waals surface area contributed by atoms with Crippen LogP contribution in [0.5, 0.6) is 0 Å². The summed E-state index contributed by atoms with van der Waals surface area (Å²) in [6.07, 6.45) is 2.95. The van der Waals surface area contributed by atoms with Crippen molar-refractivity contribution in [2.75, 3.05) is 0 Å². The molecule has 29 heavy (non-hydrogen) atoms. The van der Waals surface area contributed by atoms with Crippen LogP contribution in [-0.4, -0.2) is 29.0 Å². The van der Waals surface area contributed by atoms with E-state index in [4.69, 9.17) is 0 Å². The second-order valence-electron chi connectivity index (χ2n) is 8.61. The van der Waals surface area contributed by atoms with Crippen molar-refractivity contribution in [2.24, 2.45) is 23.7 Å². The number of amides is 1. The number of carbonyl (C=O) groups excluding carboxylic acids is 1. The highest BCUT2D eigenvalue weighted by molar-refractivity contribution is 7.15. The first-order valence-electron chi connectivity index (χ1n) is 10.1. The van der Waals surface area contributed by atoms with Crippen molar-refractivity contribution < 1.29 is 9.18 Å². The third kappa shape index (κ3) is 3.15. The van der Waals surface area contributed by atoms with Gasteiger partial charge in [-0.25, -0.2) is 9.37 Å². The number of hydrogen-bond donors (Lipinski definition) is 2. The number of benzene rings is 1. The molecule has 7 atom stereocenters. The van der Waals surface area contributed by atoms with Gasteiger partial charge in [0.1, 0.15) is 11.9 Å². The molecule has 1 aromatic heterocycles. The van der Waals surface area contributed by atoms with Crippen molar-refractivity contribution in [2.45, 2.75) is 44.8 Å². The maximum atomic E-state index is 14.6. The summed E-state index contributed by atoms with van der Waals surface area (Å²) in [5, 5.41) is 16.7. The van der Waals surface area contributed by atoms with E-state index in [9.17, 15) is 14.4 Å². The van der Waals surface area contributed by atoms with E-state index in [-0.39, 0.29) is 24.2 Å². The normalized spacial score (nSPS) is 32.5. The smallest absolute Gasteiger partial charge is 0.238 e. The minimum atomic E-state index is -0.748. The van der Waals surface area contributed by atoms with Gasteiger partial charge >= 0.3 is 0 Å². The Morgan fingerprint density at radius 3 is 2.97 bits per heavy atom. The van der Waals surface area contributed by atoms with Crippen molar-refractivity contribution in [3.63, 3.8) is 0 Å². The maximum Gasteiger partial charge on any atom is 0.238 e. The number of halogens is 1. The Morgan fingerprint density at radius 1 is 1.48 bits per heavy atom. The van der Waals surface area contributed by atoms with Gasteiger partial charge in [0.15, 0.2) is 0 Å². The highest BCUT2D eigenvalue weighted by Crippen LogP contribution is 2.64. The maximum absolute atomic E-state index is 14.6. The molecule has 3 fully saturated rings. The Bertz CT molecular complexity index is 1010. The predicted molar refractivity (Wildman–Crippen MR) is 108 cm³/mol. The van der Waals surface area contributed by atoms with Crippen molar-refractivity contribution in [1.29, 1.82) is 5.26 Å². The molecule has 2 saturated carbocycles. The summed E-state index contributed by atoms with van der Waals surface area (Å²) in [6, 6.07) is 6.61. The van der Waals surface area contributed by atoms with Crippen LogP contribution in [0.4, 0.5) is 4.39 Å². The number of rotatable bonds is 5. The van der Waals surface area contributed by atoms with Gasteiger partial charge in [-0.3, -0.25) is 4.79 Å². The van der Waals surface area contributed by atoms with E-state index in [0.717, 1.165) is 27.8 Å².